The van der Waals surface area contributed by atoms with Gasteiger partial charge in [0.1, 0.15) is 16.7 Å². The van der Waals surface area contributed by atoms with Crippen molar-refractivity contribution in [2.75, 3.05) is 0 Å². The van der Waals surface area contributed by atoms with Crippen molar-refractivity contribution in [2.24, 2.45) is 0 Å². The van der Waals surface area contributed by atoms with Crippen LogP contribution in [0.5, 0.6) is 0 Å². The van der Waals surface area contributed by atoms with Gasteiger partial charge in [0.2, 0.25) is 5.89 Å². The summed E-state index contributed by atoms with van der Waals surface area (Å²) in [7, 11) is 0. The Bertz CT molecular complexity index is 3240. The molecule has 0 spiro atoms. The molecule has 0 aliphatic rings. The highest BCUT2D eigenvalue weighted by Crippen LogP contribution is 2.38. The van der Waals surface area contributed by atoms with Gasteiger partial charge in [-0.15, -0.1) is 0 Å². The number of oxazole rings is 1. The number of hydrogen-bond donors (Lipinski definition) is 0. The summed E-state index contributed by atoms with van der Waals surface area (Å²) < 4.78 is 12.8. The van der Waals surface area contributed by atoms with Crippen LogP contribution in [0.15, 0.2) is 191 Å². The fraction of sp³-hybridized carbons (Fsp3) is 0. The summed E-state index contributed by atoms with van der Waals surface area (Å²) in [4.78, 5) is 20.2. The zero-order valence-electron chi connectivity index (χ0n) is 29.9. The molecule has 0 aliphatic carbocycles. The molecular weight excluding hydrogens is 689 g/mol. The number of furan rings is 1. The fourth-order valence-corrected chi connectivity index (χ4v) is 7.59. The first-order valence-corrected chi connectivity index (χ1v) is 18.5. The van der Waals surface area contributed by atoms with Gasteiger partial charge >= 0.3 is 0 Å². The van der Waals surface area contributed by atoms with E-state index in [1.165, 1.54) is 11.1 Å². The van der Waals surface area contributed by atoms with Gasteiger partial charge in [0.15, 0.2) is 23.1 Å². The average Bonchev–Trinajstić information content (AvgIpc) is 3.89. The van der Waals surface area contributed by atoms with Crippen LogP contribution < -0.4 is 0 Å². The average molecular weight is 719 g/mol. The predicted octanol–water partition coefficient (Wildman–Crippen LogP) is 13.1. The van der Waals surface area contributed by atoms with Gasteiger partial charge in [-0.1, -0.05) is 146 Å². The quantitative estimate of drug-likeness (QED) is 0.170. The SMILES string of the molecule is c1ccc(-c2cccc(-c3ccc(-c4nc(-c5ccccc5)nc(-c5cccc6ccc7nc(-c8ccc9oc%10ccccc%10c9c8)oc7c56)n4)cc3)c2)cc1. The van der Waals surface area contributed by atoms with Crippen molar-refractivity contribution < 1.29 is 8.83 Å². The minimum atomic E-state index is 0.533. The van der Waals surface area contributed by atoms with E-state index in [1.807, 2.05) is 84.9 Å². The Kier molecular flexibility index (Phi) is 7.38. The summed E-state index contributed by atoms with van der Waals surface area (Å²) in [5, 5.41) is 3.97. The van der Waals surface area contributed by atoms with Crippen LogP contribution in [0.2, 0.25) is 0 Å². The molecule has 0 atom stereocenters. The van der Waals surface area contributed by atoms with Crippen LogP contribution in [0.4, 0.5) is 0 Å². The predicted molar refractivity (Wildman–Crippen MR) is 225 cm³/mol. The van der Waals surface area contributed by atoms with Crippen LogP contribution >= 0.6 is 0 Å². The summed E-state index contributed by atoms with van der Waals surface area (Å²) in [5.74, 6) is 2.26. The lowest BCUT2D eigenvalue weighted by Gasteiger charge is -2.11. The topological polar surface area (TPSA) is 77.8 Å². The number of hydrogen-bond acceptors (Lipinski definition) is 6. The maximum absolute atomic E-state index is 6.68. The van der Waals surface area contributed by atoms with Crippen molar-refractivity contribution in [3.05, 3.63) is 182 Å². The number of aromatic nitrogens is 4. The minimum Gasteiger partial charge on any atom is -0.456 e. The van der Waals surface area contributed by atoms with Crippen molar-refractivity contribution in [3.8, 4) is 67.9 Å². The molecule has 0 bridgehead atoms. The van der Waals surface area contributed by atoms with Crippen molar-refractivity contribution in [1.29, 1.82) is 0 Å². The van der Waals surface area contributed by atoms with Crippen molar-refractivity contribution in [1.82, 2.24) is 19.9 Å². The molecule has 6 heteroatoms. The van der Waals surface area contributed by atoms with Crippen molar-refractivity contribution in [2.45, 2.75) is 0 Å². The molecule has 0 N–H and O–H groups in total. The molecule has 6 nitrogen and oxygen atoms in total. The van der Waals surface area contributed by atoms with Crippen LogP contribution in [-0.2, 0) is 0 Å². The summed E-state index contributed by atoms with van der Waals surface area (Å²) in [6.45, 7) is 0. The molecule has 0 aliphatic heterocycles. The Hall–Kier alpha value is -7.70. The van der Waals surface area contributed by atoms with E-state index in [0.717, 1.165) is 71.6 Å². The second kappa shape index (κ2) is 13.0. The molecule has 56 heavy (non-hydrogen) atoms. The third-order valence-corrected chi connectivity index (χ3v) is 10.4. The standard InChI is InChI=1S/C50H30N4O2/c1-3-11-31(12-4-1)36-16-9-17-37(29-36)32-21-23-35(24-22-32)48-52-47(34-13-5-2-6-14-34)53-49(54-48)40-19-10-15-33-25-27-42-46(45(33)40)56-50(51-42)38-26-28-44-41(30-38)39-18-7-8-20-43(39)55-44/h1-30H. The second-order valence-electron chi connectivity index (χ2n) is 13.8. The molecular formula is C50H30N4O2. The molecule has 262 valence electrons. The van der Waals surface area contributed by atoms with Gasteiger partial charge in [-0.05, 0) is 64.0 Å². The fourth-order valence-electron chi connectivity index (χ4n) is 7.59. The maximum Gasteiger partial charge on any atom is 0.227 e. The molecule has 0 fully saturated rings. The van der Waals surface area contributed by atoms with Crippen LogP contribution in [0.1, 0.15) is 0 Å². The molecule has 3 aromatic heterocycles. The smallest absolute Gasteiger partial charge is 0.227 e. The lowest BCUT2D eigenvalue weighted by molar-refractivity contribution is 0.623. The van der Waals surface area contributed by atoms with Gasteiger partial charge < -0.3 is 8.83 Å². The molecule has 0 saturated carbocycles. The number of para-hydroxylation sites is 1. The van der Waals surface area contributed by atoms with E-state index in [-0.39, 0.29) is 0 Å². The van der Waals surface area contributed by atoms with Crippen LogP contribution in [0.25, 0.3) is 112 Å². The van der Waals surface area contributed by atoms with E-state index < -0.39 is 0 Å². The summed E-state index contributed by atoms with van der Waals surface area (Å²) in [5.41, 5.74) is 11.2. The zero-order valence-corrected chi connectivity index (χ0v) is 29.9. The summed E-state index contributed by atoms with van der Waals surface area (Å²) >= 11 is 0. The number of nitrogens with zero attached hydrogens (tertiary/aromatic N) is 4. The second-order valence-corrected chi connectivity index (χ2v) is 13.8. The molecule has 3 heterocycles. The van der Waals surface area contributed by atoms with Gasteiger partial charge in [-0.3, -0.25) is 0 Å². The molecule has 0 amide bonds. The number of fused-ring (bicyclic) bond motifs is 6. The molecule has 0 radical (unpaired) electrons. The summed E-state index contributed by atoms with van der Waals surface area (Å²) in [6, 6.07) is 61.9. The lowest BCUT2D eigenvalue weighted by atomic mass is 9.98. The Morgan fingerprint density at radius 2 is 0.929 bits per heavy atom. The number of benzene rings is 8. The highest BCUT2D eigenvalue weighted by Gasteiger charge is 2.19. The van der Waals surface area contributed by atoms with Gasteiger partial charge in [-0.2, -0.15) is 0 Å². The minimum absolute atomic E-state index is 0.533. The Morgan fingerprint density at radius 3 is 1.71 bits per heavy atom. The van der Waals surface area contributed by atoms with E-state index in [4.69, 9.17) is 28.8 Å². The Morgan fingerprint density at radius 1 is 0.339 bits per heavy atom. The maximum atomic E-state index is 6.68. The first kappa shape index (κ1) is 31.8. The van der Waals surface area contributed by atoms with Gasteiger partial charge in [0.25, 0.3) is 0 Å². The molecule has 0 unspecified atom stereocenters. The van der Waals surface area contributed by atoms with Gasteiger partial charge in [0, 0.05) is 38.4 Å². The first-order chi connectivity index (χ1) is 27.7. The van der Waals surface area contributed by atoms with E-state index in [9.17, 15) is 0 Å². The van der Waals surface area contributed by atoms with E-state index >= 15 is 0 Å². The van der Waals surface area contributed by atoms with E-state index in [2.05, 4.69) is 97.1 Å². The zero-order chi connectivity index (χ0) is 37.0. The number of rotatable bonds is 6. The normalized spacial score (nSPS) is 11.6. The van der Waals surface area contributed by atoms with Crippen LogP contribution in [0, 0.1) is 0 Å². The van der Waals surface area contributed by atoms with E-state index in [1.54, 1.807) is 0 Å². The third-order valence-electron chi connectivity index (χ3n) is 10.4. The van der Waals surface area contributed by atoms with Crippen molar-refractivity contribution in [3.63, 3.8) is 0 Å². The van der Waals surface area contributed by atoms with Crippen LogP contribution in [-0.4, -0.2) is 19.9 Å². The summed E-state index contributed by atoms with van der Waals surface area (Å²) in [6.07, 6.45) is 0. The largest absolute Gasteiger partial charge is 0.456 e. The van der Waals surface area contributed by atoms with E-state index in [0.29, 0.717) is 28.9 Å². The van der Waals surface area contributed by atoms with Gasteiger partial charge in [-0.25, -0.2) is 19.9 Å². The molecule has 8 aromatic carbocycles. The lowest BCUT2D eigenvalue weighted by Crippen LogP contribution is -2.00. The molecule has 11 rings (SSSR count). The third kappa shape index (κ3) is 5.51. The van der Waals surface area contributed by atoms with Crippen LogP contribution in [0.3, 0.4) is 0 Å². The highest BCUT2D eigenvalue weighted by molar-refractivity contribution is 6.11. The molecule has 0 saturated heterocycles. The molecule has 11 aromatic rings. The highest BCUT2D eigenvalue weighted by atomic mass is 16.3. The monoisotopic (exact) mass is 718 g/mol. The first-order valence-electron chi connectivity index (χ1n) is 18.5. The van der Waals surface area contributed by atoms with Gasteiger partial charge in [0.05, 0.1) is 0 Å². The van der Waals surface area contributed by atoms with Crippen molar-refractivity contribution >= 4 is 43.8 Å². The Balaban J connectivity index is 1.03. The Labute approximate surface area is 321 Å².